The van der Waals surface area contributed by atoms with Gasteiger partial charge in [-0.1, -0.05) is 30.3 Å². The number of benzene rings is 2. The first-order chi connectivity index (χ1) is 10.2. The third-order valence-corrected chi connectivity index (χ3v) is 4.27. The van der Waals surface area contributed by atoms with Crippen LogP contribution in [0.1, 0.15) is 40.9 Å². The van der Waals surface area contributed by atoms with Crippen LogP contribution in [0.2, 0.25) is 0 Å². The van der Waals surface area contributed by atoms with Crippen LogP contribution < -0.4 is 10.6 Å². The molecule has 0 unspecified atom stereocenters. The van der Waals surface area contributed by atoms with E-state index in [1.165, 1.54) is 16.8 Å². The summed E-state index contributed by atoms with van der Waals surface area (Å²) in [4.78, 5) is 13.7. The molecular weight excluding hydrogens is 260 g/mol. The van der Waals surface area contributed by atoms with Crippen LogP contribution in [0.5, 0.6) is 0 Å². The fourth-order valence-electron chi connectivity index (χ4n) is 3.09. The lowest BCUT2D eigenvalue weighted by Crippen LogP contribution is -2.32. The topological polar surface area (TPSA) is 46.3 Å². The number of aryl methyl sites for hydroxylation is 1. The highest BCUT2D eigenvalue weighted by molar-refractivity contribution is 5.93. The molecular formula is C18H20N2O. The number of primary amides is 1. The molecule has 21 heavy (non-hydrogen) atoms. The van der Waals surface area contributed by atoms with Crippen LogP contribution >= 0.6 is 0 Å². The zero-order chi connectivity index (χ0) is 14.8. The second kappa shape index (κ2) is 5.60. The molecule has 108 valence electrons. The van der Waals surface area contributed by atoms with Crippen molar-refractivity contribution in [3.8, 4) is 0 Å². The van der Waals surface area contributed by atoms with Crippen LogP contribution in [0.3, 0.4) is 0 Å². The van der Waals surface area contributed by atoms with Crippen molar-refractivity contribution in [2.75, 3.05) is 11.4 Å². The molecule has 1 aliphatic heterocycles. The molecule has 1 atom stereocenters. The molecule has 1 aliphatic rings. The fourth-order valence-corrected chi connectivity index (χ4v) is 3.09. The van der Waals surface area contributed by atoms with Gasteiger partial charge < -0.3 is 10.6 Å². The summed E-state index contributed by atoms with van der Waals surface area (Å²) in [6.45, 7) is 3.27. The Morgan fingerprint density at radius 3 is 2.67 bits per heavy atom. The Morgan fingerprint density at radius 1 is 1.19 bits per heavy atom. The Labute approximate surface area is 125 Å². The second-order valence-electron chi connectivity index (χ2n) is 5.59. The Morgan fingerprint density at radius 2 is 1.95 bits per heavy atom. The highest BCUT2D eigenvalue weighted by atomic mass is 16.1. The monoisotopic (exact) mass is 280 g/mol. The molecule has 0 bridgehead atoms. The maximum Gasteiger partial charge on any atom is 0.248 e. The van der Waals surface area contributed by atoms with Crippen molar-refractivity contribution in [1.29, 1.82) is 0 Å². The molecule has 0 radical (unpaired) electrons. The van der Waals surface area contributed by atoms with Gasteiger partial charge in [-0.25, -0.2) is 0 Å². The molecule has 0 fully saturated rings. The van der Waals surface area contributed by atoms with Gasteiger partial charge in [-0.3, -0.25) is 4.79 Å². The second-order valence-corrected chi connectivity index (χ2v) is 5.59. The first kappa shape index (κ1) is 13.7. The number of hydrogen-bond donors (Lipinski definition) is 1. The molecule has 3 rings (SSSR count). The Balaban J connectivity index is 1.95. The van der Waals surface area contributed by atoms with Crippen molar-refractivity contribution in [2.24, 2.45) is 5.73 Å². The molecule has 0 aliphatic carbocycles. The minimum Gasteiger partial charge on any atom is -0.366 e. The predicted molar refractivity (Wildman–Crippen MR) is 85.5 cm³/mol. The van der Waals surface area contributed by atoms with E-state index in [0.29, 0.717) is 11.6 Å². The van der Waals surface area contributed by atoms with Gasteiger partial charge in [-0.15, -0.1) is 0 Å². The maximum atomic E-state index is 11.3. The van der Waals surface area contributed by atoms with Crippen molar-refractivity contribution in [2.45, 2.75) is 25.8 Å². The van der Waals surface area contributed by atoms with Crippen LogP contribution in [0.4, 0.5) is 5.69 Å². The molecule has 0 spiro atoms. The number of hydrogen-bond acceptors (Lipinski definition) is 2. The standard InChI is InChI=1S/C18H20N2O/c1-13(14-6-3-2-4-7-14)20-11-5-8-15-12-16(18(19)21)9-10-17(15)20/h2-4,6-7,9-10,12-13H,5,8,11H2,1H3,(H2,19,21)/t13-/m0/s1. The molecule has 2 N–H and O–H groups in total. The number of anilines is 1. The number of rotatable bonds is 3. The van der Waals surface area contributed by atoms with Crippen LogP contribution in [0.15, 0.2) is 48.5 Å². The minimum atomic E-state index is -0.356. The van der Waals surface area contributed by atoms with E-state index in [0.717, 1.165) is 19.4 Å². The summed E-state index contributed by atoms with van der Waals surface area (Å²) in [5.74, 6) is -0.356. The summed E-state index contributed by atoms with van der Waals surface area (Å²) in [6.07, 6.45) is 2.11. The molecule has 2 aromatic rings. The molecule has 0 aromatic heterocycles. The summed E-state index contributed by atoms with van der Waals surface area (Å²) >= 11 is 0. The van der Waals surface area contributed by atoms with Gasteiger partial charge in [0.25, 0.3) is 0 Å². The molecule has 3 heteroatoms. The smallest absolute Gasteiger partial charge is 0.248 e. The van der Waals surface area contributed by atoms with Crippen LogP contribution in [0.25, 0.3) is 0 Å². The molecule has 2 aromatic carbocycles. The van der Waals surface area contributed by atoms with Crippen LogP contribution in [-0.4, -0.2) is 12.5 Å². The molecule has 3 nitrogen and oxygen atoms in total. The molecule has 0 saturated carbocycles. The Kier molecular flexibility index (Phi) is 3.65. The molecule has 0 saturated heterocycles. The summed E-state index contributed by atoms with van der Waals surface area (Å²) in [5.41, 5.74) is 9.74. The van der Waals surface area contributed by atoms with Gasteiger partial charge in [0.15, 0.2) is 0 Å². The number of amides is 1. The average Bonchev–Trinajstić information content (AvgIpc) is 2.54. The van der Waals surface area contributed by atoms with Crippen molar-refractivity contribution >= 4 is 11.6 Å². The summed E-state index contributed by atoms with van der Waals surface area (Å²) in [7, 11) is 0. The summed E-state index contributed by atoms with van der Waals surface area (Å²) < 4.78 is 0. The molecule has 1 heterocycles. The SMILES string of the molecule is C[C@@H](c1ccccc1)N1CCCc2cc(C(N)=O)ccc21. The van der Waals surface area contributed by atoms with Gasteiger partial charge in [-0.2, -0.15) is 0 Å². The number of fused-ring (bicyclic) bond motifs is 1. The molecule has 1 amide bonds. The van der Waals surface area contributed by atoms with Gasteiger partial charge in [0.05, 0.1) is 6.04 Å². The van der Waals surface area contributed by atoms with Crippen molar-refractivity contribution < 1.29 is 4.79 Å². The third kappa shape index (κ3) is 2.64. The number of carbonyl (C=O) groups excluding carboxylic acids is 1. The maximum absolute atomic E-state index is 11.3. The normalized spacial score (nSPS) is 15.4. The van der Waals surface area contributed by atoms with E-state index in [9.17, 15) is 4.79 Å². The lowest BCUT2D eigenvalue weighted by molar-refractivity contribution is 0.1000. The van der Waals surface area contributed by atoms with E-state index in [2.05, 4.69) is 36.1 Å². The van der Waals surface area contributed by atoms with Gasteiger partial charge >= 0.3 is 0 Å². The predicted octanol–water partition coefficient (Wildman–Crippen LogP) is 3.30. The first-order valence-electron chi connectivity index (χ1n) is 7.41. The summed E-state index contributed by atoms with van der Waals surface area (Å²) in [5, 5.41) is 0. The van der Waals surface area contributed by atoms with Crippen LogP contribution in [-0.2, 0) is 6.42 Å². The van der Waals surface area contributed by atoms with E-state index in [1.54, 1.807) is 0 Å². The van der Waals surface area contributed by atoms with Gasteiger partial charge in [0.2, 0.25) is 5.91 Å². The van der Waals surface area contributed by atoms with Crippen LogP contribution in [0, 0.1) is 0 Å². The number of nitrogens with zero attached hydrogens (tertiary/aromatic N) is 1. The third-order valence-electron chi connectivity index (χ3n) is 4.27. The Bertz CT molecular complexity index is 652. The van der Waals surface area contributed by atoms with E-state index < -0.39 is 0 Å². The zero-order valence-electron chi connectivity index (χ0n) is 12.3. The highest BCUT2D eigenvalue weighted by Gasteiger charge is 2.22. The number of carbonyl (C=O) groups is 1. The van der Waals surface area contributed by atoms with Crippen molar-refractivity contribution in [3.63, 3.8) is 0 Å². The van der Waals surface area contributed by atoms with Gasteiger partial charge in [0, 0.05) is 17.8 Å². The fraction of sp³-hybridized carbons (Fsp3) is 0.278. The highest BCUT2D eigenvalue weighted by Crippen LogP contribution is 2.34. The van der Waals surface area contributed by atoms with E-state index in [-0.39, 0.29) is 5.91 Å². The largest absolute Gasteiger partial charge is 0.366 e. The number of nitrogens with two attached hydrogens (primary N) is 1. The van der Waals surface area contributed by atoms with E-state index >= 15 is 0 Å². The van der Waals surface area contributed by atoms with Gasteiger partial charge in [-0.05, 0) is 49.1 Å². The van der Waals surface area contributed by atoms with Crippen molar-refractivity contribution in [1.82, 2.24) is 0 Å². The van der Waals surface area contributed by atoms with Gasteiger partial charge in [0.1, 0.15) is 0 Å². The van der Waals surface area contributed by atoms with E-state index in [1.807, 2.05) is 24.3 Å². The van der Waals surface area contributed by atoms with Crippen molar-refractivity contribution in [3.05, 3.63) is 65.2 Å². The minimum absolute atomic E-state index is 0.324. The van der Waals surface area contributed by atoms with E-state index in [4.69, 9.17) is 5.73 Å². The summed E-state index contributed by atoms with van der Waals surface area (Å²) in [6, 6.07) is 16.7. The zero-order valence-corrected chi connectivity index (χ0v) is 12.3. The lowest BCUT2D eigenvalue weighted by Gasteiger charge is -2.36. The quantitative estimate of drug-likeness (QED) is 0.937. The average molecular weight is 280 g/mol. The first-order valence-corrected chi connectivity index (χ1v) is 7.41. The Hall–Kier alpha value is -2.29. The lowest BCUT2D eigenvalue weighted by atomic mass is 9.96.